The van der Waals surface area contributed by atoms with E-state index in [2.05, 4.69) is 27.7 Å². The summed E-state index contributed by atoms with van der Waals surface area (Å²) in [6, 6.07) is 6.75. The van der Waals surface area contributed by atoms with Crippen LogP contribution < -0.4 is 0 Å². The molecule has 0 aromatic heterocycles. The van der Waals surface area contributed by atoms with Crippen LogP contribution in [0.25, 0.3) is 0 Å². The van der Waals surface area contributed by atoms with Gasteiger partial charge < -0.3 is 9.47 Å². The van der Waals surface area contributed by atoms with Crippen LogP contribution in [0.4, 0.5) is 0 Å². The van der Waals surface area contributed by atoms with E-state index in [4.69, 9.17) is 9.47 Å². The van der Waals surface area contributed by atoms with Gasteiger partial charge in [0.15, 0.2) is 0 Å². The molecule has 0 N–H and O–H groups in total. The molecule has 3 rings (SSSR count). The third kappa shape index (κ3) is 5.15. The van der Waals surface area contributed by atoms with Crippen molar-refractivity contribution in [2.45, 2.75) is 78.4 Å². The molecule has 0 saturated heterocycles. The maximum atomic E-state index is 12.6. The molecule has 2 aliphatic carbocycles. The van der Waals surface area contributed by atoms with Gasteiger partial charge in [-0.05, 0) is 80.4 Å². The van der Waals surface area contributed by atoms with Crippen molar-refractivity contribution in [3.63, 3.8) is 0 Å². The van der Waals surface area contributed by atoms with Gasteiger partial charge in [-0.2, -0.15) is 0 Å². The molecular formula is C24H34O4. The number of hydrogen-bond donors (Lipinski definition) is 0. The van der Waals surface area contributed by atoms with E-state index in [0.717, 1.165) is 38.5 Å². The summed E-state index contributed by atoms with van der Waals surface area (Å²) in [6.07, 6.45) is 5.77. The van der Waals surface area contributed by atoms with Crippen LogP contribution in [0.5, 0.6) is 0 Å². The number of rotatable bonds is 4. The van der Waals surface area contributed by atoms with E-state index in [1.165, 1.54) is 0 Å². The van der Waals surface area contributed by atoms with E-state index in [1.54, 1.807) is 24.3 Å². The maximum Gasteiger partial charge on any atom is 0.338 e. The molecule has 2 aliphatic rings. The lowest BCUT2D eigenvalue weighted by Gasteiger charge is -2.31. The Morgan fingerprint density at radius 2 is 1.14 bits per heavy atom. The normalized spacial score (nSPS) is 33.1. The summed E-state index contributed by atoms with van der Waals surface area (Å²) in [5.41, 5.74) is 0.845. The summed E-state index contributed by atoms with van der Waals surface area (Å²) >= 11 is 0. The highest BCUT2D eigenvalue weighted by atomic mass is 16.5. The highest BCUT2D eigenvalue weighted by Gasteiger charge is 2.29. The van der Waals surface area contributed by atoms with E-state index >= 15 is 0 Å². The van der Waals surface area contributed by atoms with Crippen molar-refractivity contribution in [3.05, 3.63) is 35.4 Å². The summed E-state index contributed by atoms with van der Waals surface area (Å²) in [6.45, 7) is 8.94. The molecule has 0 bridgehead atoms. The smallest absolute Gasteiger partial charge is 0.338 e. The van der Waals surface area contributed by atoms with E-state index in [-0.39, 0.29) is 24.1 Å². The van der Waals surface area contributed by atoms with Gasteiger partial charge in [0.25, 0.3) is 0 Å². The molecule has 0 heterocycles. The second-order valence-corrected chi connectivity index (χ2v) is 9.17. The third-order valence-electron chi connectivity index (χ3n) is 6.98. The topological polar surface area (TPSA) is 52.6 Å². The standard InChI is InChI=1S/C24H34O4/c1-15-8-10-21(12-17(15)3)27-23(25)19-6-5-7-20(14-19)24(26)28-22-11-9-16(2)18(4)13-22/h5-7,14-18,21-22H,8-13H2,1-4H3. The first kappa shape index (κ1) is 20.9. The average Bonchev–Trinajstić information content (AvgIpc) is 2.67. The molecule has 6 unspecified atom stereocenters. The first-order valence-electron chi connectivity index (χ1n) is 10.9. The quantitative estimate of drug-likeness (QED) is 0.628. The van der Waals surface area contributed by atoms with E-state index in [0.29, 0.717) is 34.8 Å². The molecule has 0 aliphatic heterocycles. The van der Waals surface area contributed by atoms with Crippen molar-refractivity contribution >= 4 is 11.9 Å². The lowest BCUT2D eigenvalue weighted by atomic mass is 9.80. The first-order chi connectivity index (χ1) is 13.3. The lowest BCUT2D eigenvalue weighted by molar-refractivity contribution is 0.00866. The SMILES string of the molecule is CC1CCC(OC(=O)c2cccc(C(=O)OC3CCC(C)C(C)C3)c2)CC1C. The second kappa shape index (κ2) is 9.11. The third-order valence-corrected chi connectivity index (χ3v) is 6.98. The molecule has 1 aromatic carbocycles. The van der Waals surface area contributed by atoms with Gasteiger partial charge in [0.1, 0.15) is 12.2 Å². The number of carbonyl (C=O) groups excluding carboxylic acids is 2. The van der Waals surface area contributed by atoms with Gasteiger partial charge in [-0.1, -0.05) is 33.8 Å². The molecule has 28 heavy (non-hydrogen) atoms. The fraction of sp³-hybridized carbons (Fsp3) is 0.667. The van der Waals surface area contributed by atoms with Crippen molar-refractivity contribution < 1.29 is 19.1 Å². The van der Waals surface area contributed by atoms with Gasteiger partial charge in [0.05, 0.1) is 11.1 Å². The molecule has 6 atom stereocenters. The van der Waals surface area contributed by atoms with Crippen LogP contribution in [0.2, 0.25) is 0 Å². The van der Waals surface area contributed by atoms with E-state index in [1.807, 2.05) is 0 Å². The number of ether oxygens (including phenoxy) is 2. The lowest BCUT2D eigenvalue weighted by Crippen LogP contribution is -2.29. The largest absolute Gasteiger partial charge is 0.459 e. The number of esters is 2. The minimum absolute atomic E-state index is 0.0278. The molecule has 0 spiro atoms. The molecule has 0 radical (unpaired) electrons. The molecular weight excluding hydrogens is 352 g/mol. The maximum absolute atomic E-state index is 12.6. The summed E-state index contributed by atoms with van der Waals surface area (Å²) < 4.78 is 11.4. The monoisotopic (exact) mass is 386 g/mol. The van der Waals surface area contributed by atoms with Crippen LogP contribution >= 0.6 is 0 Å². The summed E-state index contributed by atoms with van der Waals surface area (Å²) in [7, 11) is 0. The molecule has 4 nitrogen and oxygen atoms in total. The van der Waals surface area contributed by atoms with Crippen molar-refractivity contribution in [2.75, 3.05) is 0 Å². The van der Waals surface area contributed by atoms with Gasteiger partial charge in [-0.3, -0.25) is 0 Å². The Morgan fingerprint density at radius 3 is 1.54 bits per heavy atom. The Kier molecular flexibility index (Phi) is 6.79. The average molecular weight is 387 g/mol. The fourth-order valence-corrected chi connectivity index (χ4v) is 4.42. The number of benzene rings is 1. The Bertz CT molecular complexity index is 642. The van der Waals surface area contributed by atoms with Crippen molar-refractivity contribution in [3.8, 4) is 0 Å². The molecule has 0 amide bonds. The van der Waals surface area contributed by atoms with Crippen LogP contribution in [0, 0.1) is 23.7 Å². The van der Waals surface area contributed by atoms with Crippen molar-refractivity contribution in [1.82, 2.24) is 0 Å². The van der Waals surface area contributed by atoms with Crippen LogP contribution in [0.1, 0.15) is 86.9 Å². The number of hydrogen-bond acceptors (Lipinski definition) is 4. The summed E-state index contributed by atoms with van der Waals surface area (Å²) in [5.74, 6) is 1.79. The minimum atomic E-state index is -0.346. The molecule has 1 aromatic rings. The van der Waals surface area contributed by atoms with Crippen LogP contribution in [-0.2, 0) is 9.47 Å². The van der Waals surface area contributed by atoms with Gasteiger partial charge in [0.2, 0.25) is 0 Å². The van der Waals surface area contributed by atoms with Gasteiger partial charge >= 0.3 is 11.9 Å². The van der Waals surface area contributed by atoms with Gasteiger partial charge in [0, 0.05) is 0 Å². The Labute approximate surface area is 169 Å². The van der Waals surface area contributed by atoms with Crippen molar-refractivity contribution in [2.24, 2.45) is 23.7 Å². The summed E-state index contributed by atoms with van der Waals surface area (Å²) in [4.78, 5) is 25.1. The molecule has 154 valence electrons. The Morgan fingerprint density at radius 1 is 0.714 bits per heavy atom. The highest BCUT2D eigenvalue weighted by Crippen LogP contribution is 2.32. The predicted octanol–water partition coefficient (Wildman–Crippen LogP) is 5.65. The minimum Gasteiger partial charge on any atom is -0.459 e. The number of carbonyl (C=O) groups is 2. The Hall–Kier alpha value is -1.84. The second-order valence-electron chi connectivity index (χ2n) is 9.17. The predicted molar refractivity (Wildman–Crippen MR) is 109 cm³/mol. The zero-order valence-corrected chi connectivity index (χ0v) is 17.6. The molecule has 2 fully saturated rings. The zero-order chi connectivity index (χ0) is 20.3. The van der Waals surface area contributed by atoms with Crippen LogP contribution in [0.3, 0.4) is 0 Å². The molecule has 2 saturated carbocycles. The van der Waals surface area contributed by atoms with E-state index < -0.39 is 0 Å². The van der Waals surface area contributed by atoms with Crippen LogP contribution in [0.15, 0.2) is 24.3 Å². The van der Waals surface area contributed by atoms with Crippen molar-refractivity contribution in [1.29, 1.82) is 0 Å². The van der Waals surface area contributed by atoms with Gasteiger partial charge in [-0.15, -0.1) is 0 Å². The van der Waals surface area contributed by atoms with Gasteiger partial charge in [-0.25, -0.2) is 9.59 Å². The first-order valence-corrected chi connectivity index (χ1v) is 10.9. The van der Waals surface area contributed by atoms with Crippen LogP contribution in [-0.4, -0.2) is 24.1 Å². The molecule has 4 heteroatoms. The Balaban J connectivity index is 1.58. The summed E-state index contributed by atoms with van der Waals surface area (Å²) in [5, 5.41) is 0. The highest BCUT2D eigenvalue weighted by molar-refractivity contribution is 5.95. The zero-order valence-electron chi connectivity index (χ0n) is 17.6. The van der Waals surface area contributed by atoms with E-state index in [9.17, 15) is 9.59 Å². The fourth-order valence-electron chi connectivity index (χ4n) is 4.42.